The van der Waals surface area contributed by atoms with Crippen LogP contribution in [0.4, 0.5) is 17.1 Å². The zero-order chi connectivity index (χ0) is 23.5. The summed E-state index contributed by atoms with van der Waals surface area (Å²) in [7, 11) is -3.63. The predicted octanol–water partition coefficient (Wildman–Crippen LogP) is 3.77. The van der Waals surface area contributed by atoms with Crippen LogP contribution < -0.4 is 14.9 Å². The Hall–Kier alpha value is -2.98. The molecule has 0 aromatic heterocycles. The first-order chi connectivity index (χ1) is 15.1. The van der Waals surface area contributed by atoms with E-state index in [2.05, 4.69) is 17.0 Å². The van der Waals surface area contributed by atoms with E-state index < -0.39 is 20.9 Å². The number of anilines is 2. The van der Waals surface area contributed by atoms with E-state index in [-0.39, 0.29) is 22.2 Å². The molecule has 2 aromatic rings. The van der Waals surface area contributed by atoms with Crippen LogP contribution in [0.3, 0.4) is 0 Å². The average molecular weight is 461 g/mol. The lowest BCUT2D eigenvalue weighted by Crippen LogP contribution is -2.34. The highest BCUT2D eigenvalue weighted by atomic mass is 32.2. The standard InChI is InChI=1S/C22H28N4O5S/c1-15(2)24-32(30,31)19-9-7-18(8-10-19)23-22(27)17-6-11-20(21(13-17)26(28)29)25-12-4-5-16(3)14-25/h6-11,13,15-16,24H,4-5,12,14H2,1-3H3,(H,23,27). The highest BCUT2D eigenvalue weighted by Crippen LogP contribution is 2.32. The van der Waals surface area contributed by atoms with Gasteiger partial charge in [0, 0.05) is 36.4 Å². The van der Waals surface area contributed by atoms with Crippen LogP contribution in [-0.4, -0.2) is 38.4 Å². The Bertz CT molecular complexity index is 1100. The van der Waals surface area contributed by atoms with Gasteiger partial charge in [-0.1, -0.05) is 6.92 Å². The SMILES string of the molecule is CC1CCCN(c2ccc(C(=O)Nc3ccc(S(=O)(=O)NC(C)C)cc3)cc2[N+](=O)[O-])C1. The van der Waals surface area contributed by atoms with Crippen molar-refractivity contribution in [2.45, 2.75) is 44.6 Å². The van der Waals surface area contributed by atoms with E-state index in [0.717, 1.165) is 25.9 Å². The molecular formula is C22H28N4O5S. The first-order valence-electron chi connectivity index (χ1n) is 10.5. The molecule has 1 heterocycles. The number of benzene rings is 2. The van der Waals surface area contributed by atoms with Gasteiger partial charge in [-0.2, -0.15) is 0 Å². The number of amides is 1. The molecule has 1 atom stereocenters. The van der Waals surface area contributed by atoms with Crippen LogP contribution in [0.2, 0.25) is 0 Å². The number of carbonyl (C=O) groups excluding carboxylic acids is 1. The molecule has 0 spiro atoms. The maximum atomic E-state index is 12.7. The van der Waals surface area contributed by atoms with Crippen molar-refractivity contribution >= 4 is 33.0 Å². The van der Waals surface area contributed by atoms with Crippen molar-refractivity contribution in [2.75, 3.05) is 23.3 Å². The molecular weight excluding hydrogens is 432 g/mol. The fraction of sp³-hybridized carbons (Fsp3) is 0.409. The summed E-state index contributed by atoms with van der Waals surface area (Å²) in [6, 6.07) is 9.98. The number of nitrogens with one attached hydrogen (secondary N) is 2. The van der Waals surface area contributed by atoms with Crippen molar-refractivity contribution in [3.8, 4) is 0 Å². The van der Waals surface area contributed by atoms with E-state index in [9.17, 15) is 23.3 Å². The maximum Gasteiger partial charge on any atom is 0.293 e. The largest absolute Gasteiger partial charge is 0.366 e. The van der Waals surface area contributed by atoms with Crippen molar-refractivity contribution in [3.05, 3.63) is 58.1 Å². The van der Waals surface area contributed by atoms with Gasteiger partial charge in [0.2, 0.25) is 10.0 Å². The fourth-order valence-corrected chi connectivity index (χ4v) is 5.04. The molecule has 0 radical (unpaired) electrons. The summed E-state index contributed by atoms with van der Waals surface area (Å²) in [5.74, 6) is -0.0589. The second-order valence-electron chi connectivity index (χ2n) is 8.41. The highest BCUT2D eigenvalue weighted by Gasteiger charge is 2.25. The van der Waals surface area contributed by atoms with Crippen molar-refractivity contribution in [1.29, 1.82) is 0 Å². The quantitative estimate of drug-likeness (QED) is 0.479. The van der Waals surface area contributed by atoms with Crippen LogP contribution in [0.15, 0.2) is 47.4 Å². The zero-order valence-corrected chi connectivity index (χ0v) is 19.2. The van der Waals surface area contributed by atoms with E-state index in [1.165, 1.54) is 30.3 Å². The molecule has 1 fully saturated rings. The van der Waals surface area contributed by atoms with Gasteiger partial charge in [-0.3, -0.25) is 14.9 Å². The van der Waals surface area contributed by atoms with E-state index in [4.69, 9.17) is 0 Å². The minimum atomic E-state index is -3.63. The van der Waals surface area contributed by atoms with Crippen LogP contribution in [0.1, 0.15) is 44.0 Å². The van der Waals surface area contributed by atoms with Gasteiger partial charge in [0.15, 0.2) is 0 Å². The third kappa shape index (κ3) is 5.63. The Balaban J connectivity index is 1.78. The normalized spacial score (nSPS) is 16.8. The number of hydrogen-bond donors (Lipinski definition) is 2. The summed E-state index contributed by atoms with van der Waals surface area (Å²) in [5.41, 5.74) is 0.956. The lowest BCUT2D eigenvalue weighted by atomic mass is 9.99. The number of carbonyl (C=O) groups is 1. The summed E-state index contributed by atoms with van der Waals surface area (Å²) >= 11 is 0. The molecule has 0 saturated carbocycles. The Kier molecular flexibility index (Phi) is 7.15. The van der Waals surface area contributed by atoms with Gasteiger partial charge in [-0.25, -0.2) is 13.1 Å². The average Bonchev–Trinajstić information content (AvgIpc) is 2.72. The summed E-state index contributed by atoms with van der Waals surface area (Å²) in [4.78, 5) is 26.0. The van der Waals surface area contributed by atoms with Crippen molar-refractivity contribution in [3.63, 3.8) is 0 Å². The molecule has 1 unspecified atom stereocenters. The van der Waals surface area contributed by atoms with Gasteiger partial charge in [-0.05, 0) is 69.0 Å². The third-order valence-electron chi connectivity index (χ3n) is 5.25. The molecule has 172 valence electrons. The molecule has 2 N–H and O–H groups in total. The minimum absolute atomic E-state index is 0.0833. The summed E-state index contributed by atoms with van der Waals surface area (Å²) in [6.45, 7) is 7.06. The monoisotopic (exact) mass is 460 g/mol. The van der Waals surface area contributed by atoms with E-state index >= 15 is 0 Å². The van der Waals surface area contributed by atoms with Gasteiger partial charge in [0.1, 0.15) is 5.69 Å². The molecule has 1 amide bonds. The van der Waals surface area contributed by atoms with Crippen LogP contribution in [0.5, 0.6) is 0 Å². The van der Waals surface area contributed by atoms with Crippen molar-refractivity contribution in [2.24, 2.45) is 5.92 Å². The number of nitrogens with zero attached hydrogens (tertiary/aromatic N) is 2. The maximum absolute atomic E-state index is 12.7. The van der Waals surface area contributed by atoms with Crippen LogP contribution in [-0.2, 0) is 10.0 Å². The van der Waals surface area contributed by atoms with E-state index in [0.29, 0.717) is 17.3 Å². The van der Waals surface area contributed by atoms with Crippen molar-refractivity contribution < 1.29 is 18.1 Å². The molecule has 2 aromatic carbocycles. The van der Waals surface area contributed by atoms with E-state index in [1.807, 2.05) is 4.90 Å². The summed E-state index contributed by atoms with van der Waals surface area (Å²) < 4.78 is 26.9. The van der Waals surface area contributed by atoms with Crippen molar-refractivity contribution in [1.82, 2.24) is 4.72 Å². The Morgan fingerprint density at radius 3 is 2.47 bits per heavy atom. The molecule has 9 nitrogen and oxygen atoms in total. The predicted molar refractivity (Wildman–Crippen MR) is 124 cm³/mol. The minimum Gasteiger partial charge on any atom is -0.366 e. The fourth-order valence-electron chi connectivity index (χ4n) is 3.79. The Labute approximate surface area is 188 Å². The Morgan fingerprint density at radius 2 is 1.88 bits per heavy atom. The number of nitro groups is 1. The van der Waals surface area contributed by atoms with Crippen LogP contribution in [0, 0.1) is 16.0 Å². The number of rotatable bonds is 7. The molecule has 1 aliphatic rings. The molecule has 0 aliphatic carbocycles. The van der Waals surface area contributed by atoms with Crippen LogP contribution >= 0.6 is 0 Å². The van der Waals surface area contributed by atoms with Gasteiger partial charge < -0.3 is 10.2 Å². The molecule has 0 bridgehead atoms. The summed E-state index contributed by atoms with van der Waals surface area (Å²) in [6.07, 6.45) is 2.07. The number of hydrogen-bond acceptors (Lipinski definition) is 6. The lowest BCUT2D eigenvalue weighted by molar-refractivity contribution is -0.384. The summed E-state index contributed by atoms with van der Waals surface area (Å²) in [5, 5.41) is 14.3. The highest BCUT2D eigenvalue weighted by molar-refractivity contribution is 7.89. The topological polar surface area (TPSA) is 122 Å². The lowest BCUT2D eigenvalue weighted by Gasteiger charge is -2.32. The molecule has 1 saturated heterocycles. The van der Waals surface area contributed by atoms with E-state index in [1.54, 1.807) is 26.0 Å². The first-order valence-corrected chi connectivity index (χ1v) is 12.0. The van der Waals surface area contributed by atoms with Gasteiger partial charge in [0.05, 0.1) is 9.82 Å². The number of nitro benzene ring substituents is 1. The molecule has 3 rings (SSSR count). The molecule has 10 heteroatoms. The first kappa shape index (κ1) is 23.7. The van der Waals surface area contributed by atoms with Gasteiger partial charge in [0.25, 0.3) is 11.6 Å². The van der Waals surface area contributed by atoms with Gasteiger partial charge in [-0.15, -0.1) is 0 Å². The second-order valence-corrected chi connectivity index (χ2v) is 10.1. The second kappa shape index (κ2) is 9.66. The smallest absolute Gasteiger partial charge is 0.293 e. The van der Waals surface area contributed by atoms with Crippen LogP contribution in [0.25, 0.3) is 0 Å². The number of piperidine rings is 1. The number of sulfonamides is 1. The third-order valence-corrected chi connectivity index (χ3v) is 6.92. The molecule has 32 heavy (non-hydrogen) atoms. The Morgan fingerprint density at radius 1 is 1.19 bits per heavy atom. The molecule has 1 aliphatic heterocycles. The zero-order valence-electron chi connectivity index (χ0n) is 18.4. The van der Waals surface area contributed by atoms with Gasteiger partial charge >= 0.3 is 0 Å².